The van der Waals surface area contributed by atoms with Gasteiger partial charge >= 0.3 is 0 Å². The smallest absolute Gasteiger partial charge is 0.247 e. The molecular formula is C22H29Cl2N3O2. The molecule has 1 unspecified atom stereocenters. The molecule has 5 nitrogen and oxygen atoms in total. The molecule has 0 spiro atoms. The van der Waals surface area contributed by atoms with Gasteiger partial charge < -0.3 is 14.7 Å². The summed E-state index contributed by atoms with van der Waals surface area (Å²) in [5.74, 6) is -0.136. The summed E-state index contributed by atoms with van der Waals surface area (Å²) < 4.78 is 0. The van der Waals surface area contributed by atoms with E-state index in [9.17, 15) is 9.59 Å². The number of hydrogen-bond donors (Lipinski definition) is 0. The average molecular weight is 438 g/mol. The number of halogens is 2. The minimum absolute atomic E-state index is 0.0266. The van der Waals surface area contributed by atoms with Crippen molar-refractivity contribution in [2.75, 3.05) is 39.3 Å². The molecule has 0 aliphatic carbocycles. The van der Waals surface area contributed by atoms with Crippen LogP contribution in [0.15, 0.2) is 24.3 Å². The van der Waals surface area contributed by atoms with Crippen LogP contribution in [0.1, 0.15) is 38.2 Å². The molecule has 2 fully saturated rings. The molecule has 0 aromatic heterocycles. The van der Waals surface area contributed by atoms with Crippen LogP contribution in [-0.4, -0.2) is 71.8 Å². The molecule has 0 N–H and O–H groups in total. The fourth-order valence-electron chi connectivity index (χ4n) is 4.03. The second-order valence-corrected chi connectivity index (χ2v) is 8.73. The largest absolute Gasteiger partial charge is 0.337 e. The zero-order valence-corrected chi connectivity index (χ0v) is 18.5. The van der Waals surface area contributed by atoms with Crippen molar-refractivity contribution in [1.82, 2.24) is 14.7 Å². The topological polar surface area (TPSA) is 43.9 Å². The van der Waals surface area contributed by atoms with Gasteiger partial charge in [-0.15, -0.1) is 0 Å². The van der Waals surface area contributed by atoms with Crippen LogP contribution in [0, 0.1) is 0 Å². The fourth-order valence-corrected chi connectivity index (χ4v) is 4.34. The lowest BCUT2D eigenvalue weighted by molar-refractivity contribution is -0.146. The van der Waals surface area contributed by atoms with Gasteiger partial charge in [0.1, 0.15) is 6.54 Å². The molecule has 0 bridgehead atoms. The Morgan fingerprint density at radius 3 is 2.59 bits per heavy atom. The molecule has 2 heterocycles. The van der Waals surface area contributed by atoms with E-state index >= 15 is 0 Å². The highest BCUT2D eigenvalue weighted by molar-refractivity contribution is 6.42. The van der Waals surface area contributed by atoms with E-state index in [4.69, 9.17) is 23.2 Å². The Kier molecular flexibility index (Phi) is 7.99. The van der Waals surface area contributed by atoms with Gasteiger partial charge in [0.25, 0.3) is 0 Å². The minimum atomic E-state index is -0.163. The van der Waals surface area contributed by atoms with Gasteiger partial charge in [-0.3, -0.25) is 9.59 Å². The zero-order valence-electron chi connectivity index (χ0n) is 16.9. The molecule has 158 valence electrons. The third-order valence-electron chi connectivity index (χ3n) is 5.66. The third-order valence-corrected chi connectivity index (χ3v) is 6.40. The van der Waals surface area contributed by atoms with E-state index in [-0.39, 0.29) is 24.4 Å². The standard InChI is InChI=1S/C22H29Cl2N3O2/c1-17-15-26(21(28)9-7-18-6-8-19(23)20(24)14-18)16-22(29)27(17)13-5-12-25-10-3-2-4-11-25/h6-9,14,17H,2-5,10-13,15-16H2,1H3. The maximum atomic E-state index is 12.6. The number of rotatable bonds is 6. The number of amides is 2. The van der Waals surface area contributed by atoms with Crippen molar-refractivity contribution in [2.45, 2.75) is 38.6 Å². The van der Waals surface area contributed by atoms with E-state index < -0.39 is 0 Å². The fraction of sp³-hybridized carbons (Fsp3) is 0.545. The van der Waals surface area contributed by atoms with Crippen molar-refractivity contribution < 1.29 is 9.59 Å². The number of piperazine rings is 1. The number of nitrogens with zero attached hydrogens (tertiary/aromatic N) is 3. The van der Waals surface area contributed by atoms with Crippen LogP contribution in [0.2, 0.25) is 10.0 Å². The van der Waals surface area contributed by atoms with Gasteiger partial charge in [0, 0.05) is 25.2 Å². The van der Waals surface area contributed by atoms with Gasteiger partial charge in [0.2, 0.25) is 11.8 Å². The summed E-state index contributed by atoms with van der Waals surface area (Å²) in [6.07, 6.45) is 8.08. The molecule has 3 rings (SSSR count). The second kappa shape index (κ2) is 10.5. The van der Waals surface area contributed by atoms with E-state index in [1.807, 2.05) is 11.8 Å². The third kappa shape index (κ3) is 6.21. The Balaban J connectivity index is 1.49. The first kappa shape index (κ1) is 22.1. The first-order chi connectivity index (χ1) is 13.9. The van der Waals surface area contributed by atoms with Crippen LogP contribution in [-0.2, 0) is 9.59 Å². The Labute approximate surface area is 183 Å². The SMILES string of the molecule is CC1CN(C(=O)C=Cc2ccc(Cl)c(Cl)c2)CC(=O)N1CCCN1CCCCC1. The summed E-state index contributed by atoms with van der Waals surface area (Å²) in [5.41, 5.74) is 0.795. The predicted molar refractivity (Wildman–Crippen MR) is 118 cm³/mol. The van der Waals surface area contributed by atoms with Gasteiger partial charge in [-0.2, -0.15) is 0 Å². The van der Waals surface area contributed by atoms with Crippen molar-refractivity contribution in [3.8, 4) is 0 Å². The highest BCUT2D eigenvalue weighted by Crippen LogP contribution is 2.23. The highest BCUT2D eigenvalue weighted by Gasteiger charge is 2.31. The molecule has 1 aromatic rings. The first-order valence-corrected chi connectivity index (χ1v) is 11.1. The average Bonchev–Trinajstić information content (AvgIpc) is 2.71. The van der Waals surface area contributed by atoms with Crippen molar-refractivity contribution in [2.24, 2.45) is 0 Å². The normalized spacial score (nSPS) is 21.2. The van der Waals surface area contributed by atoms with Crippen molar-refractivity contribution in [3.05, 3.63) is 39.9 Å². The quantitative estimate of drug-likeness (QED) is 0.632. The Bertz CT molecular complexity index is 762. The van der Waals surface area contributed by atoms with Crippen molar-refractivity contribution in [3.63, 3.8) is 0 Å². The van der Waals surface area contributed by atoms with Crippen LogP contribution in [0.5, 0.6) is 0 Å². The van der Waals surface area contributed by atoms with E-state index in [1.165, 1.54) is 38.4 Å². The lowest BCUT2D eigenvalue weighted by Gasteiger charge is -2.39. The van der Waals surface area contributed by atoms with E-state index in [1.54, 1.807) is 29.2 Å². The summed E-state index contributed by atoms with van der Waals surface area (Å²) in [4.78, 5) is 31.2. The summed E-state index contributed by atoms with van der Waals surface area (Å²) in [6, 6.07) is 5.23. The monoisotopic (exact) mass is 437 g/mol. The molecular weight excluding hydrogens is 409 g/mol. The van der Waals surface area contributed by atoms with Crippen molar-refractivity contribution >= 4 is 41.1 Å². The summed E-state index contributed by atoms with van der Waals surface area (Å²) in [5, 5.41) is 0.925. The molecule has 0 radical (unpaired) electrons. The molecule has 2 saturated heterocycles. The number of carbonyl (C=O) groups is 2. The minimum Gasteiger partial charge on any atom is -0.337 e. The molecule has 2 aliphatic heterocycles. The van der Waals surface area contributed by atoms with Gasteiger partial charge in [-0.05, 0) is 69.6 Å². The molecule has 1 aromatic carbocycles. The molecule has 2 amide bonds. The molecule has 7 heteroatoms. The summed E-state index contributed by atoms with van der Waals surface area (Å²) in [6.45, 7) is 6.87. The molecule has 2 aliphatic rings. The van der Waals surface area contributed by atoms with Crippen LogP contribution >= 0.6 is 23.2 Å². The van der Waals surface area contributed by atoms with Gasteiger partial charge in [0.05, 0.1) is 10.0 Å². The van der Waals surface area contributed by atoms with Crippen LogP contribution < -0.4 is 0 Å². The maximum absolute atomic E-state index is 12.6. The summed E-state index contributed by atoms with van der Waals surface area (Å²) >= 11 is 11.9. The number of carbonyl (C=O) groups excluding carboxylic acids is 2. The number of benzene rings is 1. The molecule has 0 saturated carbocycles. The molecule has 1 atom stereocenters. The lowest BCUT2D eigenvalue weighted by Crippen LogP contribution is -2.56. The van der Waals surface area contributed by atoms with Crippen LogP contribution in [0.25, 0.3) is 6.08 Å². The predicted octanol–water partition coefficient (Wildman–Crippen LogP) is 3.94. The van der Waals surface area contributed by atoms with Crippen LogP contribution in [0.4, 0.5) is 0 Å². The number of likely N-dealkylation sites (tertiary alicyclic amines) is 1. The highest BCUT2D eigenvalue weighted by atomic mass is 35.5. The van der Waals surface area contributed by atoms with Gasteiger partial charge in [0.15, 0.2) is 0 Å². The number of hydrogen-bond acceptors (Lipinski definition) is 3. The second-order valence-electron chi connectivity index (χ2n) is 7.92. The molecule has 29 heavy (non-hydrogen) atoms. The van der Waals surface area contributed by atoms with Crippen LogP contribution in [0.3, 0.4) is 0 Å². The Morgan fingerprint density at radius 1 is 1.14 bits per heavy atom. The zero-order chi connectivity index (χ0) is 20.8. The number of piperidine rings is 1. The van der Waals surface area contributed by atoms with E-state index in [0.717, 1.165) is 25.1 Å². The van der Waals surface area contributed by atoms with E-state index in [2.05, 4.69) is 4.90 Å². The Morgan fingerprint density at radius 2 is 1.90 bits per heavy atom. The summed E-state index contributed by atoms with van der Waals surface area (Å²) in [7, 11) is 0. The lowest BCUT2D eigenvalue weighted by atomic mass is 10.1. The van der Waals surface area contributed by atoms with E-state index in [0.29, 0.717) is 16.6 Å². The van der Waals surface area contributed by atoms with Gasteiger partial charge in [-0.25, -0.2) is 0 Å². The van der Waals surface area contributed by atoms with Crippen molar-refractivity contribution in [1.29, 1.82) is 0 Å². The first-order valence-electron chi connectivity index (χ1n) is 10.4. The maximum Gasteiger partial charge on any atom is 0.247 e. The van der Waals surface area contributed by atoms with Gasteiger partial charge in [-0.1, -0.05) is 35.7 Å². The Hall–Kier alpha value is -1.56.